The fourth-order valence-electron chi connectivity index (χ4n) is 3.11. The van der Waals surface area contributed by atoms with E-state index in [9.17, 15) is 18.3 Å². The summed E-state index contributed by atoms with van der Waals surface area (Å²) in [5.41, 5.74) is 0.114. The van der Waals surface area contributed by atoms with Gasteiger partial charge in [-0.1, -0.05) is 0 Å². The molecule has 3 rings (SSSR count). The molecule has 0 amide bonds. The highest BCUT2D eigenvalue weighted by atomic mass is 19.4. The Hall–Kier alpha value is -2.29. The minimum atomic E-state index is -4.67. The molecule has 6 nitrogen and oxygen atoms in total. The highest BCUT2D eigenvalue weighted by Crippen LogP contribution is 2.37. The summed E-state index contributed by atoms with van der Waals surface area (Å²) in [4.78, 5) is 7.35. The molecular weight excluding hydrogens is 351 g/mol. The van der Waals surface area contributed by atoms with Crippen LogP contribution in [0.4, 0.5) is 19.0 Å². The van der Waals surface area contributed by atoms with Gasteiger partial charge < -0.3 is 19.9 Å². The van der Waals surface area contributed by atoms with E-state index < -0.39 is 12.0 Å². The van der Waals surface area contributed by atoms with E-state index in [2.05, 4.69) is 15.3 Å². The van der Waals surface area contributed by atoms with Crippen LogP contribution in [0, 0.1) is 0 Å². The molecule has 2 aromatic rings. The molecular formula is C17H20F3N3O3. The Morgan fingerprint density at radius 2 is 1.65 bits per heavy atom. The Labute approximate surface area is 148 Å². The average molecular weight is 371 g/mol. The molecule has 1 aromatic heterocycles. The van der Waals surface area contributed by atoms with Gasteiger partial charge in [0.25, 0.3) is 0 Å². The number of hydrogen-bond donors (Lipinski definition) is 2. The molecule has 0 saturated heterocycles. The summed E-state index contributed by atoms with van der Waals surface area (Å²) < 4.78 is 50.0. The Bertz CT molecular complexity index is 790. The van der Waals surface area contributed by atoms with E-state index in [-0.39, 0.29) is 23.5 Å². The number of nitrogens with one attached hydrogen (secondary N) is 1. The first kappa shape index (κ1) is 18.5. The normalized spacial score (nSPS) is 20.8. The summed E-state index contributed by atoms with van der Waals surface area (Å²) in [5.74, 6) is -0.440. The summed E-state index contributed by atoms with van der Waals surface area (Å²) >= 11 is 0. The standard InChI is InChI=1S/C17H20F3N3O3/c1-25-13-7-11-12(8-14(13)26-2)22-16(17(18,19)20)23-15(11)21-9-3-5-10(24)6-4-9/h7-10,24H,3-6H2,1-2H3,(H,21,22,23). The molecule has 1 aliphatic carbocycles. The third-order valence-corrected chi connectivity index (χ3v) is 4.49. The number of rotatable bonds is 4. The van der Waals surface area contributed by atoms with Crippen LogP contribution in [0.1, 0.15) is 31.5 Å². The fraction of sp³-hybridized carbons (Fsp3) is 0.529. The van der Waals surface area contributed by atoms with Crippen LogP contribution >= 0.6 is 0 Å². The largest absolute Gasteiger partial charge is 0.493 e. The third-order valence-electron chi connectivity index (χ3n) is 4.49. The van der Waals surface area contributed by atoms with Gasteiger partial charge in [0.05, 0.1) is 25.8 Å². The molecule has 1 saturated carbocycles. The van der Waals surface area contributed by atoms with Gasteiger partial charge in [-0.2, -0.15) is 13.2 Å². The first-order valence-electron chi connectivity index (χ1n) is 8.27. The monoisotopic (exact) mass is 371 g/mol. The number of ether oxygens (including phenoxy) is 2. The molecule has 1 aromatic carbocycles. The predicted molar refractivity (Wildman–Crippen MR) is 89.5 cm³/mol. The van der Waals surface area contributed by atoms with Crippen LogP contribution in [-0.2, 0) is 6.18 Å². The van der Waals surface area contributed by atoms with E-state index in [4.69, 9.17) is 9.47 Å². The minimum absolute atomic E-state index is 0.0642. The molecule has 26 heavy (non-hydrogen) atoms. The van der Waals surface area contributed by atoms with E-state index >= 15 is 0 Å². The van der Waals surface area contributed by atoms with Crippen molar-refractivity contribution in [2.75, 3.05) is 19.5 Å². The number of nitrogens with zero attached hydrogens (tertiary/aromatic N) is 2. The zero-order valence-electron chi connectivity index (χ0n) is 14.4. The topological polar surface area (TPSA) is 76.5 Å². The van der Waals surface area contributed by atoms with Crippen LogP contribution in [0.2, 0.25) is 0 Å². The lowest BCUT2D eigenvalue weighted by Crippen LogP contribution is -2.29. The number of aliphatic hydroxyl groups is 1. The summed E-state index contributed by atoms with van der Waals surface area (Å²) in [6.45, 7) is 0. The maximum Gasteiger partial charge on any atom is 0.451 e. The van der Waals surface area contributed by atoms with E-state index in [1.165, 1.54) is 20.3 Å². The van der Waals surface area contributed by atoms with Crippen LogP contribution in [0.25, 0.3) is 10.9 Å². The molecule has 0 aliphatic heterocycles. The highest BCUT2D eigenvalue weighted by Gasteiger charge is 2.36. The molecule has 1 heterocycles. The number of anilines is 1. The lowest BCUT2D eigenvalue weighted by Gasteiger charge is -2.27. The van der Waals surface area contributed by atoms with Gasteiger partial charge in [-0.15, -0.1) is 0 Å². The van der Waals surface area contributed by atoms with Gasteiger partial charge in [0.2, 0.25) is 5.82 Å². The SMILES string of the molecule is COc1cc2nc(C(F)(F)F)nc(NC3CCC(O)CC3)c2cc1OC. The first-order valence-corrected chi connectivity index (χ1v) is 8.27. The number of hydrogen-bond acceptors (Lipinski definition) is 6. The molecule has 142 valence electrons. The van der Waals surface area contributed by atoms with Crippen molar-refractivity contribution in [3.8, 4) is 11.5 Å². The number of aliphatic hydroxyl groups excluding tert-OH is 1. The van der Waals surface area contributed by atoms with Crippen LogP contribution in [0.3, 0.4) is 0 Å². The summed E-state index contributed by atoms with van der Waals surface area (Å²) in [6.07, 6.45) is -2.51. The van der Waals surface area contributed by atoms with Crippen LogP contribution < -0.4 is 14.8 Å². The number of methoxy groups -OCH3 is 2. The molecule has 0 spiro atoms. The van der Waals surface area contributed by atoms with Gasteiger partial charge >= 0.3 is 6.18 Å². The molecule has 1 aliphatic rings. The smallest absolute Gasteiger partial charge is 0.451 e. The average Bonchev–Trinajstić information content (AvgIpc) is 2.61. The van der Waals surface area contributed by atoms with Crippen molar-refractivity contribution < 1.29 is 27.8 Å². The molecule has 0 unspecified atom stereocenters. The lowest BCUT2D eigenvalue weighted by molar-refractivity contribution is -0.144. The number of halogens is 3. The van der Waals surface area contributed by atoms with E-state index in [0.29, 0.717) is 42.6 Å². The number of benzene rings is 1. The Morgan fingerprint density at radius 3 is 2.23 bits per heavy atom. The first-order chi connectivity index (χ1) is 12.3. The molecule has 0 bridgehead atoms. The number of alkyl halides is 3. The van der Waals surface area contributed by atoms with Crippen molar-refractivity contribution in [1.29, 1.82) is 0 Å². The van der Waals surface area contributed by atoms with Gasteiger partial charge in [-0.3, -0.25) is 0 Å². The van der Waals surface area contributed by atoms with Crippen LogP contribution in [0.15, 0.2) is 12.1 Å². The van der Waals surface area contributed by atoms with Crippen molar-refractivity contribution in [2.24, 2.45) is 0 Å². The highest BCUT2D eigenvalue weighted by molar-refractivity contribution is 5.92. The zero-order chi connectivity index (χ0) is 18.9. The Kier molecular flexibility index (Phi) is 5.08. The second kappa shape index (κ2) is 7.14. The quantitative estimate of drug-likeness (QED) is 0.858. The van der Waals surface area contributed by atoms with Gasteiger partial charge in [0.1, 0.15) is 5.82 Å². The number of aromatic nitrogens is 2. The number of fused-ring (bicyclic) bond motifs is 1. The van der Waals surface area contributed by atoms with Crippen molar-refractivity contribution in [2.45, 2.75) is 44.0 Å². The molecule has 0 radical (unpaired) electrons. The van der Waals surface area contributed by atoms with Crippen molar-refractivity contribution >= 4 is 16.7 Å². The van der Waals surface area contributed by atoms with Crippen LogP contribution in [-0.4, -0.2) is 41.4 Å². The van der Waals surface area contributed by atoms with Gasteiger partial charge in [0, 0.05) is 17.5 Å². The third kappa shape index (κ3) is 3.77. The fourth-order valence-corrected chi connectivity index (χ4v) is 3.11. The van der Waals surface area contributed by atoms with Gasteiger partial charge in [-0.25, -0.2) is 9.97 Å². The van der Waals surface area contributed by atoms with Gasteiger partial charge in [-0.05, 0) is 31.7 Å². The van der Waals surface area contributed by atoms with Crippen LogP contribution in [0.5, 0.6) is 11.5 Å². The van der Waals surface area contributed by atoms with Crippen molar-refractivity contribution in [3.05, 3.63) is 18.0 Å². The second-order valence-corrected chi connectivity index (χ2v) is 6.27. The van der Waals surface area contributed by atoms with E-state index in [1.54, 1.807) is 6.07 Å². The summed E-state index contributed by atoms with van der Waals surface area (Å²) in [5, 5.41) is 13.1. The van der Waals surface area contributed by atoms with E-state index in [0.717, 1.165) is 0 Å². The van der Waals surface area contributed by atoms with Crippen molar-refractivity contribution in [1.82, 2.24) is 9.97 Å². The molecule has 2 N–H and O–H groups in total. The summed E-state index contributed by atoms with van der Waals surface area (Å²) in [7, 11) is 2.85. The maximum atomic E-state index is 13.2. The molecule has 0 atom stereocenters. The Balaban J connectivity index is 2.08. The second-order valence-electron chi connectivity index (χ2n) is 6.27. The Morgan fingerprint density at radius 1 is 1.04 bits per heavy atom. The van der Waals surface area contributed by atoms with Crippen molar-refractivity contribution in [3.63, 3.8) is 0 Å². The summed E-state index contributed by atoms with van der Waals surface area (Å²) in [6, 6.07) is 2.90. The zero-order valence-corrected chi connectivity index (χ0v) is 14.4. The van der Waals surface area contributed by atoms with Gasteiger partial charge in [0.15, 0.2) is 11.5 Å². The minimum Gasteiger partial charge on any atom is -0.493 e. The molecule has 1 fully saturated rings. The molecule has 9 heteroatoms. The van der Waals surface area contributed by atoms with E-state index in [1.807, 2.05) is 0 Å². The maximum absolute atomic E-state index is 13.2. The lowest BCUT2D eigenvalue weighted by atomic mass is 9.93. The predicted octanol–water partition coefficient (Wildman–Crippen LogP) is 3.38.